The molecule has 0 saturated carbocycles. The summed E-state index contributed by atoms with van der Waals surface area (Å²) in [6.45, 7) is -0.550. The fraction of sp³-hybridized carbons (Fsp3) is 0.174. The van der Waals surface area contributed by atoms with Gasteiger partial charge in [0.25, 0.3) is 0 Å². The van der Waals surface area contributed by atoms with Gasteiger partial charge in [0.1, 0.15) is 0 Å². The molecule has 0 aromatic heterocycles. The van der Waals surface area contributed by atoms with Gasteiger partial charge in [0, 0.05) is 0 Å². The van der Waals surface area contributed by atoms with Crippen LogP contribution < -0.4 is 15.9 Å². The summed E-state index contributed by atoms with van der Waals surface area (Å²) in [7, 11) is 0. The molecular formula is C23H23O2P. The van der Waals surface area contributed by atoms with E-state index >= 15 is 0 Å². The molecule has 1 atom stereocenters. The molecule has 0 spiro atoms. The molecule has 0 radical (unpaired) electrons. The quantitative estimate of drug-likeness (QED) is 0.513. The second kappa shape index (κ2) is 6.37. The van der Waals surface area contributed by atoms with Crippen molar-refractivity contribution in [3.8, 4) is 0 Å². The third kappa shape index (κ3) is 2.19. The molecule has 26 heavy (non-hydrogen) atoms. The van der Waals surface area contributed by atoms with Gasteiger partial charge in [-0.2, -0.15) is 0 Å². The zero-order chi connectivity index (χ0) is 18.1. The monoisotopic (exact) mass is 362 g/mol. The number of esters is 1. The van der Waals surface area contributed by atoms with Crippen molar-refractivity contribution >= 4 is 28.5 Å². The van der Waals surface area contributed by atoms with Crippen molar-refractivity contribution in [3.05, 3.63) is 91.0 Å². The van der Waals surface area contributed by atoms with Crippen molar-refractivity contribution in [1.82, 2.24) is 0 Å². The average Bonchev–Trinajstić information content (AvgIpc) is 3.44. The van der Waals surface area contributed by atoms with E-state index in [9.17, 15) is 4.79 Å². The molecule has 3 heteroatoms. The van der Waals surface area contributed by atoms with Gasteiger partial charge in [-0.15, -0.1) is 0 Å². The van der Waals surface area contributed by atoms with Gasteiger partial charge in [0.15, 0.2) is 0 Å². The number of carbonyl (C=O) groups excluding carboxylic acids is 1. The molecule has 1 unspecified atom stereocenters. The number of benzene rings is 3. The molecule has 1 saturated heterocycles. The molecule has 0 aliphatic carbocycles. The van der Waals surface area contributed by atoms with Crippen molar-refractivity contribution in [2.75, 3.05) is 12.8 Å². The van der Waals surface area contributed by atoms with E-state index in [1.54, 1.807) is 0 Å². The Labute approximate surface area is 154 Å². The topological polar surface area (TPSA) is 26.3 Å². The van der Waals surface area contributed by atoms with E-state index in [1.807, 2.05) is 25.1 Å². The first-order chi connectivity index (χ1) is 12.7. The minimum atomic E-state index is -2.84. The summed E-state index contributed by atoms with van der Waals surface area (Å²) in [5.41, 5.74) is -0.104. The van der Waals surface area contributed by atoms with E-state index in [2.05, 4.69) is 72.8 Å². The third-order valence-corrected chi connectivity index (χ3v) is 12.6. The van der Waals surface area contributed by atoms with Gasteiger partial charge in [-0.25, -0.2) is 0 Å². The number of ether oxygens (including phenoxy) is 1. The van der Waals surface area contributed by atoms with Crippen LogP contribution in [0.1, 0.15) is 6.92 Å². The van der Waals surface area contributed by atoms with Crippen molar-refractivity contribution in [2.45, 2.75) is 12.6 Å². The van der Waals surface area contributed by atoms with E-state index in [0.29, 0.717) is 6.61 Å². The van der Waals surface area contributed by atoms with Crippen LogP contribution in [0, 0.1) is 0 Å². The Bertz CT molecular complexity index is 807. The summed E-state index contributed by atoms with van der Waals surface area (Å²) in [4.78, 5) is 13.0. The molecule has 4 rings (SSSR count). The first kappa shape index (κ1) is 17.0. The van der Waals surface area contributed by atoms with Gasteiger partial charge in [-0.1, -0.05) is 0 Å². The molecule has 3 aromatic rings. The summed E-state index contributed by atoms with van der Waals surface area (Å²) in [5, 5.41) is 3.82. The van der Waals surface area contributed by atoms with Crippen LogP contribution in [0.15, 0.2) is 91.0 Å². The first-order valence-corrected chi connectivity index (χ1v) is 11.6. The van der Waals surface area contributed by atoms with Crippen LogP contribution >= 0.6 is 6.60 Å². The van der Waals surface area contributed by atoms with E-state index in [0.717, 1.165) is 6.16 Å². The standard InChI is InChI=1S/C23H23O2P/c1-2-25-23(24)22-18-26(22,19-12-6-3-7-13-19,20-14-8-4-9-15-20)21-16-10-5-11-17-21/h3-17,22H,2,18H2,1H3. The van der Waals surface area contributed by atoms with Gasteiger partial charge in [-0.3, -0.25) is 0 Å². The fourth-order valence-electron chi connectivity index (χ4n) is 4.47. The maximum absolute atomic E-state index is 13.0. The second-order valence-corrected chi connectivity index (χ2v) is 12.1. The molecule has 1 heterocycles. The van der Waals surface area contributed by atoms with Crippen LogP contribution in [0.25, 0.3) is 0 Å². The Balaban J connectivity index is 2.06. The summed E-state index contributed by atoms with van der Waals surface area (Å²) in [6.07, 6.45) is 0.850. The molecular weight excluding hydrogens is 339 g/mol. The Morgan fingerprint density at radius 1 is 0.808 bits per heavy atom. The molecule has 1 fully saturated rings. The summed E-state index contributed by atoms with van der Waals surface area (Å²) in [6, 6.07) is 31.7. The first-order valence-electron chi connectivity index (χ1n) is 9.08. The zero-order valence-electron chi connectivity index (χ0n) is 14.9. The van der Waals surface area contributed by atoms with Crippen molar-refractivity contribution in [2.24, 2.45) is 0 Å². The number of rotatable bonds is 5. The molecule has 1 aliphatic rings. The Hall–Kier alpha value is -2.44. The Kier molecular flexibility index (Phi) is 4.17. The predicted molar refractivity (Wildman–Crippen MR) is 110 cm³/mol. The molecule has 132 valence electrons. The van der Waals surface area contributed by atoms with Gasteiger partial charge < -0.3 is 0 Å². The van der Waals surface area contributed by atoms with Crippen molar-refractivity contribution in [1.29, 1.82) is 0 Å². The van der Waals surface area contributed by atoms with Crippen LogP contribution in [-0.4, -0.2) is 24.4 Å². The van der Waals surface area contributed by atoms with E-state index < -0.39 is 6.60 Å². The van der Waals surface area contributed by atoms with Gasteiger partial charge >= 0.3 is 154 Å². The Morgan fingerprint density at radius 3 is 1.54 bits per heavy atom. The summed E-state index contributed by atoms with van der Waals surface area (Å²) >= 11 is 0. The number of carbonyl (C=O) groups is 1. The van der Waals surface area contributed by atoms with Crippen LogP contribution in [0.5, 0.6) is 0 Å². The van der Waals surface area contributed by atoms with E-state index in [1.165, 1.54) is 15.9 Å². The fourth-order valence-corrected chi connectivity index (χ4v) is 11.7. The average molecular weight is 362 g/mol. The van der Waals surface area contributed by atoms with Gasteiger partial charge in [0.2, 0.25) is 0 Å². The predicted octanol–water partition coefficient (Wildman–Crippen LogP) is 3.46. The molecule has 3 aromatic carbocycles. The Morgan fingerprint density at radius 2 is 1.19 bits per heavy atom. The van der Waals surface area contributed by atoms with Gasteiger partial charge in [-0.05, 0) is 0 Å². The second-order valence-electron chi connectivity index (χ2n) is 6.84. The number of hydrogen-bond acceptors (Lipinski definition) is 2. The number of hydrogen-bond donors (Lipinski definition) is 0. The van der Waals surface area contributed by atoms with E-state index in [4.69, 9.17) is 4.74 Å². The molecule has 2 nitrogen and oxygen atoms in total. The van der Waals surface area contributed by atoms with Crippen LogP contribution in [0.3, 0.4) is 0 Å². The third-order valence-electron chi connectivity index (χ3n) is 5.70. The van der Waals surface area contributed by atoms with Crippen LogP contribution in [0.2, 0.25) is 0 Å². The molecule has 0 bridgehead atoms. The van der Waals surface area contributed by atoms with Crippen LogP contribution in [0.4, 0.5) is 0 Å². The van der Waals surface area contributed by atoms with Gasteiger partial charge in [0.05, 0.1) is 0 Å². The van der Waals surface area contributed by atoms with Crippen LogP contribution in [-0.2, 0) is 9.53 Å². The van der Waals surface area contributed by atoms with Crippen molar-refractivity contribution < 1.29 is 9.53 Å². The molecule has 0 N–H and O–H groups in total. The van der Waals surface area contributed by atoms with Crippen molar-refractivity contribution in [3.63, 3.8) is 0 Å². The van der Waals surface area contributed by atoms with E-state index in [-0.39, 0.29) is 11.6 Å². The molecule has 1 aliphatic heterocycles. The molecule has 0 amide bonds. The summed E-state index contributed by atoms with van der Waals surface area (Å²) < 4.78 is 5.50. The maximum atomic E-state index is 13.0. The zero-order valence-corrected chi connectivity index (χ0v) is 15.8. The normalized spacial score (nSPS) is 21.1. The SMILES string of the molecule is CCOC(=O)C1CP1(c1ccccc1)(c1ccccc1)c1ccccc1. The summed E-state index contributed by atoms with van der Waals surface area (Å²) in [5.74, 6) is -0.0678. The minimum absolute atomic E-state index is 0.0678.